The van der Waals surface area contributed by atoms with Crippen molar-refractivity contribution < 1.29 is 18.3 Å². The average Bonchev–Trinajstić information content (AvgIpc) is 3.34. The molecule has 1 aliphatic heterocycles. The van der Waals surface area contributed by atoms with E-state index in [9.17, 15) is 18.3 Å². The van der Waals surface area contributed by atoms with Crippen molar-refractivity contribution in [3.63, 3.8) is 0 Å². The highest BCUT2D eigenvalue weighted by molar-refractivity contribution is 5.88. The Morgan fingerprint density at radius 2 is 1.94 bits per heavy atom. The molecule has 0 aliphatic carbocycles. The Hall–Kier alpha value is -3.34. The number of aromatic nitrogens is 4. The lowest BCUT2D eigenvalue weighted by Crippen LogP contribution is -2.38. The molecule has 1 aliphatic rings. The van der Waals surface area contributed by atoms with Crippen molar-refractivity contribution in [1.29, 1.82) is 0 Å². The third kappa shape index (κ3) is 3.75. The second-order valence-electron chi connectivity index (χ2n) is 8.16. The molecule has 0 saturated carbocycles. The number of nitrogens with two attached hydrogens (primary N) is 1. The summed E-state index contributed by atoms with van der Waals surface area (Å²) in [5.74, 6) is 0.326. The van der Waals surface area contributed by atoms with Gasteiger partial charge < -0.3 is 10.8 Å². The topological polar surface area (TPSA) is 92.6 Å². The predicted octanol–water partition coefficient (Wildman–Crippen LogP) is 3.19. The first-order valence-electron chi connectivity index (χ1n) is 10.4. The summed E-state index contributed by atoms with van der Waals surface area (Å²) in [5, 5.41) is 19.1. The Morgan fingerprint density at radius 3 is 2.64 bits per heavy atom. The number of fused-ring (bicyclic) bond motifs is 2. The van der Waals surface area contributed by atoms with Gasteiger partial charge >= 0.3 is 6.18 Å². The van der Waals surface area contributed by atoms with Crippen molar-refractivity contribution >= 4 is 22.6 Å². The van der Waals surface area contributed by atoms with Crippen LogP contribution in [-0.2, 0) is 0 Å². The summed E-state index contributed by atoms with van der Waals surface area (Å²) in [4.78, 5) is 5.84. The molecule has 7 nitrogen and oxygen atoms in total. The number of likely N-dealkylation sites (tertiary alicyclic amines) is 1. The van der Waals surface area contributed by atoms with Gasteiger partial charge in [0.2, 0.25) is 0 Å². The number of pyridine rings is 2. The van der Waals surface area contributed by atoms with Gasteiger partial charge in [0.15, 0.2) is 11.5 Å². The van der Waals surface area contributed by atoms with Crippen LogP contribution in [0, 0.1) is 0 Å². The summed E-state index contributed by atoms with van der Waals surface area (Å²) in [6.45, 7) is 3.60. The second-order valence-corrected chi connectivity index (χ2v) is 8.16. The molecular weight excluding hydrogens is 433 g/mol. The predicted molar refractivity (Wildman–Crippen MR) is 118 cm³/mol. The number of aliphatic hydroxyl groups is 1. The highest BCUT2D eigenvalue weighted by atomic mass is 19.4. The van der Waals surface area contributed by atoms with Crippen molar-refractivity contribution in [3.8, 4) is 11.5 Å². The van der Waals surface area contributed by atoms with E-state index in [0.717, 1.165) is 15.8 Å². The Bertz CT molecular complexity index is 1340. The average molecular weight is 454 g/mol. The van der Waals surface area contributed by atoms with Crippen molar-refractivity contribution in [2.24, 2.45) is 5.73 Å². The highest BCUT2D eigenvalue weighted by Gasteiger charge is 2.48. The standard InChI is InChI=1S/C23H21F3N6O/c1-2-13-4-3-5-14-6-8-17(28-20(13)14)22-30-29-19-9-7-15(10-32(19)22)21(23(24,25)26)31-11-16(27)18(33)12-31/h2-10,16,18,21,33H,1,11-12,27H2/t16-,18+,21-/m1/s1. The fourth-order valence-corrected chi connectivity index (χ4v) is 4.36. The lowest BCUT2D eigenvalue weighted by molar-refractivity contribution is -0.184. The van der Waals surface area contributed by atoms with Crippen molar-refractivity contribution in [3.05, 3.63) is 66.4 Å². The quantitative estimate of drug-likeness (QED) is 0.492. The zero-order valence-electron chi connectivity index (χ0n) is 17.4. The molecule has 5 rings (SSSR count). The van der Waals surface area contributed by atoms with Gasteiger partial charge in [0.25, 0.3) is 0 Å². The molecule has 0 unspecified atom stereocenters. The molecule has 0 spiro atoms. The number of aliphatic hydroxyl groups excluding tert-OH is 1. The van der Waals surface area contributed by atoms with Crippen LogP contribution in [0.15, 0.2) is 55.2 Å². The van der Waals surface area contributed by atoms with Crippen LogP contribution in [0.1, 0.15) is 17.2 Å². The van der Waals surface area contributed by atoms with Crippen LogP contribution in [0.3, 0.4) is 0 Å². The summed E-state index contributed by atoms with van der Waals surface area (Å²) in [6.07, 6.45) is -2.50. The molecule has 33 heavy (non-hydrogen) atoms. The molecule has 4 aromatic rings. The normalized spacial score (nSPS) is 20.5. The van der Waals surface area contributed by atoms with E-state index < -0.39 is 24.4 Å². The van der Waals surface area contributed by atoms with E-state index in [0.29, 0.717) is 22.7 Å². The minimum absolute atomic E-state index is 0.00456. The van der Waals surface area contributed by atoms with Crippen LogP contribution < -0.4 is 5.73 Å². The van der Waals surface area contributed by atoms with Gasteiger partial charge in [0, 0.05) is 36.3 Å². The number of hydrogen-bond donors (Lipinski definition) is 2. The highest BCUT2D eigenvalue weighted by Crippen LogP contribution is 2.39. The van der Waals surface area contributed by atoms with Crippen LogP contribution in [0.25, 0.3) is 34.1 Å². The molecule has 10 heteroatoms. The summed E-state index contributed by atoms with van der Waals surface area (Å²) in [6, 6.07) is 9.56. The molecule has 0 radical (unpaired) electrons. The van der Waals surface area contributed by atoms with Crippen LogP contribution in [0.5, 0.6) is 0 Å². The molecule has 3 aromatic heterocycles. The Balaban J connectivity index is 1.62. The largest absolute Gasteiger partial charge is 0.408 e. The summed E-state index contributed by atoms with van der Waals surface area (Å²) in [5.41, 5.74) is 8.20. The fourth-order valence-electron chi connectivity index (χ4n) is 4.36. The van der Waals surface area contributed by atoms with Gasteiger partial charge in [-0.2, -0.15) is 13.2 Å². The molecule has 170 valence electrons. The number of β-amino-alcohol motifs (C(OH)–C–C–N with tert-alkyl or cyclic N) is 1. The Labute approximate surface area is 187 Å². The lowest BCUT2D eigenvalue weighted by atomic mass is 10.1. The van der Waals surface area contributed by atoms with Crippen LogP contribution in [0.4, 0.5) is 13.2 Å². The summed E-state index contributed by atoms with van der Waals surface area (Å²) in [7, 11) is 0. The number of alkyl halides is 3. The van der Waals surface area contributed by atoms with Gasteiger partial charge in [-0.1, -0.05) is 43.0 Å². The van der Waals surface area contributed by atoms with Gasteiger partial charge in [-0.15, -0.1) is 10.2 Å². The molecule has 3 N–H and O–H groups in total. The van der Waals surface area contributed by atoms with Crippen LogP contribution in [0.2, 0.25) is 0 Å². The minimum Gasteiger partial charge on any atom is -0.390 e. The number of halogens is 3. The van der Waals surface area contributed by atoms with Crippen molar-refractivity contribution in [2.75, 3.05) is 13.1 Å². The van der Waals surface area contributed by atoms with Gasteiger partial charge in [0.05, 0.1) is 11.6 Å². The number of para-hydroxylation sites is 1. The van der Waals surface area contributed by atoms with Gasteiger partial charge in [0.1, 0.15) is 11.7 Å². The van der Waals surface area contributed by atoms with Gasteiger partial charge in [-0.05, 0) is 17.7 Å². The first kappa shape index (κ1) is 21.5. The van der Waals surface area contributed by atoms with E-state index in [1.807, 2.05) is 24.3 Å². The van der Waals surface area contributed by atoms with Crippen molar-refractivity contribution in [1.82, 2.24) is 24.5 Å². The smallest absolute Gasteiger partial charge is 0.390 e. The zero-order chi connectivity index (χ0) is 23.3. The zero-order valence-corrected chi connectivity index (χ0v) is 17.4. The Kier molecular flexibility index (Phi) is 5.15. The van der Waals surface area contributed by atoms with E-state index in [1.54, 1.807) is 12.1 Å². The van der Waals surface area contributed by atoms with E-state index in [2.05, 4.69) is 21.8 Å². The first-order chi connectivity index (χ1) is 15.8. The molecule has 1 fully saturated rings. The second kappa shape index (κ2) is 7.91. The van der Waals surface area contributed by atoms with Crippen LogP contribution >= 0.6 is 0 Å². The van der Waals surface area contributed by atoms with E-state index in [-0.39, 0.29) is 18.7 Å². The molecule has 0 bridgehead atoms. The maximum Gasteiger partial charge on any atom is 0.408 e. The summed E-state index contributed by atoms with van der Waals surface area (Å²) >= 11 is 0. The van der Waals surface area contributed by atoms with E-state index >= 15 is 0 Å². The number of rotatable bonds is 4. The molecular formula is C23H21F3N6O. The van der Waals surface area contributed by atoms with Crippen molar-refractivity contribution in [2.45, 2.75) is 24.4 Å². The number of nitrogens with zero attached hydrogens (tertiary/aromatic N) is 5. The lowest BCUT2D eigenvalue weighted by Gasteiger charge is -2.29. The molecule has 3 atom stereocenters. The fraction of sp³-hybridized carbons (Fsp3) is 0.261. The number of benzene rings is 1. The van der Waals surface area contributed by atoms with E-state index in [4.69, 9.17) is 5.73 Å². The maximum atomic E-state index is 14.1. The molecule has 1 saturated heterocycles. The molecule has 0 amide bonds. The van der Waals surface area contributed by atoms with Gasteiger partial charge in [-0.3, -0.25) is 9.30 Å². The van der Waals surface area contributed by atoms with Crippen LogP contribution in [-0.4, -0.2) is 61.0 Å². The summed E-state index contributed by atoms with van der Waals surface area (Å²) < 4.78 is 43.8. The first-order valence-corrected chi connectivity index (χ1v) is 10.4. The number of hydrogen-bond acceptors (Lipinski definition) is 6. The van der Waals surface area contributed by atoms with Gasteiger partial charge in [-0.25, -0.2) is 4.98 Å². The molecule has 1 aromatic carbocycles. The molecule has 4 heterocycles. The maximum absolute atomic E-state index is 14.1. The minimum atomic E-state index is -4.56. The Morgan fingerprint density at radius 1 is 1.12 bits per heavy atom. The monoisotopic (exact) mass is 454 g/mol. The van der Waals surface area contributed by atoms with E-state index in [1.165, 1.54) is 22.7 Å². The third-order valence-corrected chi connectivity index (χ3v) is 5.98. The third-order valence-electron chi connectivity index (χ3n) is 5.98. The SMILES string of the molecule is C=Cc1cccc2ccc(-c3nnc4ccc([C@@H](N5C[C@@H](N)[C@@H](O)C5)C(F)(F)F)cn34)nc12.